The third-order valence-electron chi connectivity index (χ3n) is 4.09. The molecule has 1 aliphatic carbocycles. The van der Waals surface area contributed by atoms with Gasteiger partial charge < -0.3 is 0 Å². The highest BCUT2D eigenvalue weighted by atomic mass is 19.2. The molecule has 2 aromatic carbocycles. The highest BCUT2D eigenvalue weighted by molar-refractivity contribution is 5.66. The van der Waals surface area contributed by atoms with Gasteiger partial charge in [0.05, 0.1) is 0 Å². The largest absolute Gasteiger partial charge is 0.206 e. The molecule has 0 heterocycles. The zero-order valence-corrected chi connectivity index (χ0v) is 11.5. The number of halogens is 4. The van der Waals surface area contributed by atoms with Crippen molar-refractivity contribution in [2.24, 2.45) is 5.92 Å². The van der Waals surface area contributed by atoms with Crippen molar-refractivity contribution in [3.8, 4) is 11.1 Å². The molecule has 0 saturated carbocycles. The van der Waals surface area contributed by atoms with Gasteiger partial charge in [-0.05, 0) is 54.0 Å². The first-order valence-corrected chi connectivity index (χ1v) is 6.92. The lowest BCUT2D eigenvalue weighted by atomic mass is 9.83. The molecule has 0 bridgehead atoms. The van der Waals surface area contributed by atoms with Crippen molar-refractivity contribution in [1.29, 1.82) is 0 Å². The van der Waals surface area contributed by atoms with Gasteiger partial charge in [-0.2, -0.15) is 0 Å². The van der Waals surface area contributed by atoms with E-state index in [1.54, 1.807) is 6.07 Å². The van der Waals surface area contributed by atoms with E-state index in [0.29, 0.717) is 17.9 Å². The molecule has 21 heavy (non-hydrogen) atoms. The highest BCUT2D eigenvalue weighted by Gasteiger charge is 2.22. The number of rotatable bonds is 1. The van der Waals surface area contributed by atoms with Crippen LogP contribution in [-0.4, -0.2) is 0 Å². The smallest absolute Gasteiger partial charge is 0.194 e. The van der Waals surface area contributed by atoms with Crippen LogP contribution in [0.1, 0.15) is 24.5 Å². The predicted octanol–water partition coefficient (Wildman–Crippen LogP) is 5.03. The van der Waals surface area contributed by atoms with E-state index in [1.165, 1.54) is 6.07 Å². The van der Waals surface area contributed by atoms with E-state index in [2.05, 4.69) is 6.92 Å². The molecule has 0 amide bonds. The Morgan fingerprint density at radius 2 is 1.62 bits per heavy atom. The minimum Gasteiger partial charge on any atom is -0.206 e. The summed E-state index contributed by atoms with van der Waals surface area (Å²) in [7, 11) is 0. The molecule has 0 N–H and O–H groups in total. The van der Waals surface area contributed by atoms with Crippen LogP contribution >= 0.6 is 0 Å². The predicted molar refractivity (Wildman–Crippen MR) is 72.9 cm³/mol. The van der Waals surface area contributed by atoms with Gasteiger partial charge in [0.25, 0.3) is 0 Å². The van der Waals surface area contributed by atoms with Crippen molar-refractivity contribution in [2.45, 2.75) is 26.2 Å². The van der Waals surface area contributed by atoms with Crippen LogP contribution in [0, 0.1) is 29.2 Å². The van der Waals surface area contributed by atoms with Crippen LogP contribution < -0.4 is 0 Å². The van der Waals surface area contributed by atoms with E-state index >= 15 is 0 Å². The summed E-state index contributed by atoms with van der Waals surface area (Å²) < 4.78 is 54.2. The minimum atomic E-state index is -1.54. The summed E-state index contributed by atoms with van der Waals surface area (Å²) in [5.74, 6) is -4.11. The van der Waals surface area contributed by atoms with E-state index in [1.807, 2.05) is 0 Å². The Morgan fingerprint density at radius 1 is 0.952 bits per heavy atom. The minimum absolute atomic E-state index is 0.0188. The standard InChI is InChI=1S/C17H14F4/c1-9-2-4-12-10(6-9)3-5-13(16(12)20)11-7-14(18)17(21)15(19)8-11/h3,5,7-9H,2,4,6H2,1H3. The fourth-order valence-electron chi connectivity index (χ4n) is 2.92. The summed E-state index contributed by atoms with van der Waals surface area (Å²) in [6, 6.07) is 4.96. The molecular weight excluding hydrogens is 280 g/mol. The van der Waals surface area contributed by atoms with Crippen molar-refractivity contribution in [3.05, 3.63) is 58.7 Å². The second-order valence-electron chi connectivity index (χ2n) is 5.67. The topological polar surface area (TPSA) is 0 Å². The van der Waals surface area contributed by atoms with Gasteiger partial charge in [0.1, 0.15) is 5.82 Å². The first kappa shape index (κ1) is 14.1. The van der Waals surface area contributed by atoms with Crippen LogP contribution in [0.4, 0.5) is 17.6 Å². The molecule has 0 spiro atoms. The summed E-state index contributed by atoms with van der Waals surface area (Å²) in [5.41, 5.74) is 1.68. The Kier molecular flexibility index (Phi) is 3.47. The van der Waals surface area contributed by atoms with Crippen molar-refractivity contribution >= 4 is 0 Å². The number of fused-ring (bicyclic) bond motifs is 1. The Hall–Kier alpha value is -1.84. The van der Waals surface area contributed by atoms with Gasteiger partial charge in [0.2, 0.25) is 0 Å². The molecule has 0 fully saturated rings. The molecule has 110 valence electrons. The van der Waals surface area contributed by atoms with Gasteiger partial charge in [0.15, 0.2) is 17.5 Å². The summed E-state index contributed by atoms with van der Waals surface area (Å²) in [5, 5.41) is 0. The normalized spacial score (nSPS) is 17.7. The van der Waals surface area contributed by atoms with Crippen LogP contribution in [0.3, 0.4) is 0 Å². The van der Waals surface area contributed by atoms with Gasteiger partial charge in [-0.3, -0.25) is 0 Å². The van der Waals surface area contributed by atoms with Gasteiger partial charge in [-0.15, -0.1) is 0 Å². The number of hydrogen-bond acceptors (Lipinski definition) is 0. The Morgan fingerprint density at radius 3 is 2.29 bits per heavy atom. The van der Waals surface area contributed by atoms with Crippen molar-refractivity contribution < 1.29 is 17.6 Å². The molecule has 1 unspecified atom stereocenters. The SMILES string of the molecule is CC1CCc2c(ccc(-c3cc(F)c(F)c(F)c3)c2F)C1. The lowest BCUT2D eigenvalue weighted by Gasteiger charge is -2.23. The molecule has 0 nitrogen and oxygen atoms in total. The van der Waals surface area contributed by atoms with Crippen molar-refractivity contribution in [1.82, 2.24) is 0 Å². The van der Waals surface area contributed by atoms with E-state index < -0.39 is 23.3 Å². The van der Waals surface area contributed by atoms with Crippen LogP contribution in [0.2, 0.25) is 0 Å². The quantitative estimate of drug-likeness (QED) is 0.511. The zero-order chi connectivity index (χ0) is 15.1. The average Bonchev–Trinajstić information content (AvgIpc) is 2.44. The molecule has 3 rings (SSSR count). The third-order valence-corrected chi connectivity index (χ3v) is 4.09. The average molecular weight is 294 g/mol. The van der Waals surface area contributed by atoms with E-state index in [4.69, 9.17) is 0 Å². The maximum absolute atomic E-state index is 14.6. The van der Waals surface area contributed by atoms with Crippen molar-refractivity contribution in [3.63, 3.8) is 0 Å². The Balaban J connectivity index is 2.12. The maximum Gasteiger partial charge on any atom is 0.194 e. The molecule has 1 atom stereocenters. The summed E-state index contributed by atoms with van der Waals surface area (Å²) >= 11 is 0. The van der Waals surface area contributed by atoms with Crippen LogP contribution in [0.15, 0.2) is 24.3 Å². The molecule has 0 aliphatic heterocycles. The van der Waals surface area contributed by atoms with Crippen LogP contribution in [0.25, 0.3) is 11.1 Å². The van der Waals surface area contributed by atoms with Crippen LogP contribution in [-0.2, 0) is 12.8 Å². The maximum atomic E-state index is 14.6. The molecule has 1 aliphatic rings. The van der Waals surface area contributed by atoms with E-state index in [0.717, 1.165) is 30.5 Å². The second-order valence-corrected chi connectivity index (χ2v) is 5.67. The highest BCUT2D eigenvalue weighted by Crippen LogP contribution is 2.34. The molecule has 0 radical (unpaired) electrons. The fourth-order valence-corrected chi connectivity index (χ4v) is 2.92. The molecule has 4 heteroatoms. The Bertz CT molecular complexity index is 683. The molecule has 2 aromatic rings. The van der Waals surface area contributed by atoms with Crippen molar-refractivity contribution in [2.75, 3.05) is 0 Å². The first-order chi connectivity index (χ1) is 9.97. The number of hydrogen-bond donors (Lipinski definition) is 0. The Labute approximate surface area is 120 Å². The second kappa shape index (κ2) is 5.17. The van der Waals surface area contributed by atoms with Gasteiger partial charge >= 0.3 is 0 Å². The molecule has 0 saturated heterocycles. The number of benzene rings is 2. The lowest BCUT2D eigenvalue weighted by Crippen LogP contribution is -2.13. The van der Waals surface area contributed by atoms with Gasteiger partial charge in [0, 0.05) is 5.56 Å². The summed E-state index contributed by atoms with van der Waals surface area (Å²) in [6.07, 6.45) is 2.31. The zero-order valence-electron chi connectivity index (χ0n) is 11.5. The first-order valence-electron chi connectivity index (χ1n) is 6.92. The summed E-state index contributed by atoms with van der Waals surface area (Å²) in [6.45, 7) is 2.11. The van der Waals surface area contributed by atoms with Gasteiger partial charge in [-0.25, -0.2) is 17.6 Å². The van der Waals surface area contributed by atoms with Gasteiger partial charge in [-0.1, -0.05) is 19.1 Å². The molecular formula is C17H14F4. The monoisotopic (exact) mass is 294 g/mol. The lowest BCUT2D eigenvalue weighted by molar-refractivity contribution is 0.447. The third kappa shape index (κ3) is 2.43. The van der Waals surface area contributed by atoms with Crippen LogP contribution in [0.5, 0.6) is 0 Å². The van der Waals surface area contributed by atoms with E-state index in [-0.39, 0.29) is 11.1 Å². The summed E-state index contributed by atoms with van der Waals surface area (Å²) in [4.78, 5) is 0. The molecule has 0 aromatic heterocycles. The fraction of sp³-hybridized carbons (Fsp3) is 0.294. The van der Waals surface area contributed by atoms with E-state index in [9.17, 15) is 17.6 Å².